The third kappa shape index (κ3) is 3.58. The van der Waals surface area contributed by atoms with Crippen LogP contribution >= 0.6 is 23.2 Å². The van der Waals surface area contributed by atoms with E-state index in [-0.39, 0.29) is 5.56 Å². The third-order valence-electron chi connectivity index (χ3n) is 6.05. The summed E-state index contributed by atoms with van der Waals surface area (Å²) >= 11 is 12.4. The molecule has 0 radical (unpaired) electrons. The standard InChI is InChI=1S/C25H20Cl2N6O/c1-32-20-10-11-21(30-24(20)19(13-23(32)34)15-4-3-5-18(27)12-15)25(28,22-14-29-31-33(22)2)16-6-8-17(26)9-7-16/h3-14H,28H2,1-2H3/t25-/m1/s1. The molecule has 2 aromatic carbocycles. The molecule has 170 valence electrons. The predicted octanol–water partition coefficient (Wildman–Crippen LogP) is 4.29. The molecule has 2 N–H and O–H groups in total. The maximum absolute atomic E-state index is 12.7. The summed E-state index contributed by atoms with van der Waals surface area (Å²) in [5.74, 6) is 0. The number of hydrogen-bond acceptors (Lipinski definition) is 5. The molecule has 0 saturated carbocycles. The lowest BCUT2D eigenvalue weighted by Gasteiger charge is -2.30. The van der Waals surface area contributed by atoms with Gasteiger partial charge in [-0.15, -0.1) is 5.10 Å². The van der Waals surface area contributed by atoms with Gasteiger partial charge in [0.1, 0.15) is 5.54 Å². The van der Waals surface area contributed by atoms with E-state index in [0.717, 1.165) is 11.1 Å². The molecule has 7 nitrogen and oxygen atoms in total. The summed E-state index contributed by atoms with van der Waals surface area (Å²) in [5.41, 5.74) is 10.5. The lowest BCUT2D eigenvalue weighted by atomic mass is 9.84. The summed E-state index contributed by atoms with van der Waals surface area (Å²) in [6.45, 7) is 0. The zero-order valence-corrected chi connectivity index (χ0v) is 19.9. The number of aromatic nitrogens is 5. The van der Waals surface area contributed by atoms with Gasteiger partial charge in [-0.05, 0) is 47.5 Å². The summed E-state index contributed by atoms with van der Waals surface area (Å²) < 4.78 is 3.19. The second-order valence-corrected chi connectivity index (χ2v) is 8.96. The van der Waals surface area contributed by atoms with E-state index >= 15 is 0 Å². The fraction of sp³-hybridized carbons (Fsp3) is 0.120. The number of pyridine rings is 2. The average molecular weight is 491 g/mol. The molecule has 0 aliphatic heterocycles. The van der Waals surface area contributed by atoms with Crippen LogP contribution in [-0.4, -0.2) is 24.5 Å². The van der Waals surface area contributed by atoms with E-state index in [4.69, 9.17) is 33.9 Å². The maximum atomic E-state index is 12.7. The van der Waals surface area contributed by atoms with Gasteiger partial charge in [0.2, 0.25) is 0 Å². The molecule has 9 heteroatoms. The van der Waals surface area contributed by atoms with Crippen LogP contribution in [0.25, 0.3) is 22.2 Å². The van der Waals surface area contributed by atoms with Crippen molar-refractivity contribution < 1.29 is 0 Å². The highest BCUT2D eigenvalue weighted by Crippen LogP contribution is 2.35. The Hall–Kier alpha value is -3.52. The zero-order chi connectivity index (χ0) is 24.0. The first kappa shape index (κ1) is 22.3. The Bertz CT molecular complexity index is 1590. The number of hydrogen-bond donors (Lipinski definition) is 1. The summed E-state index contributed by atoms with van der Waals surface area (Å²) in [5, 5.41) is 9.29. The van der Waals surface area contributed by atoms with Gasteiger partial charge >= 0.3 is 0 Å². The van der Waals surface area contributed by atoms with Gasteiger partial charge < -0.3 is 10.3 Å². The maximum Gasteiger partial charge on any atom is 0.251 e. The Kier molecular flexibility index (Phi) is 5.48. The fourth-order valence-electron chi connectivity index (χ4n) is 4.21. The van der Waals surface area contributed by atoms with Crippen molar-refractivity contribution in [2.24, 2.45) is 19.8 Å². The number of nitrogens with zero attached hydrogens (tertiary/aromatic N) is 5. The Morgan fingerprint density at radius 3 is 2.38 bits per heavy atom. The first-order chi connectivity index (χ1) is 16.3. The fourth-order valence-corrected chi connectivity index (χ4v) is 4.53. The molecule has 1 atom stereocenters. The summed E-state index contributed by atoms with van der Waals surface area (Å²) in [6.07, 6.45) is 1.62. The van der Waals surface area contributed by atoms with Crippen molar-refractivity contribution in [1.82, 2.24) is 24.5 Å². The van der Waals surface area contributed by atoms with E-state index in [0.29, 0.717) is 38.0 Å². The molecule has 0 fully saturated rings. The highest BCUT2D eigenvalue weighted by Gasteiger charge is 2.37. The number of rotatable bonds is 4. The zero-order valence-electron chi connectivity index (χ0n) is 18.4. The third-order valence-corrected chi connectivity index (χ3v) is 6.53. The van der Waals surface area contributed by atoms with Crippen molar-refractivity contribution in [2.75, 3.05) is 0 Å². The molecule has 5 aromatic rings. The summed E-state index contributed by atoms with van der Waals surface area (Å²) in [7, 11) is 3.50. The van der Waals surface area contributed by atoms with Crippen LogP contribution in [0, 0.1) is 0 Å². The van der Waals surface area contributed by atoms with E-state index in [1.807, 2.05) is 42.5 Å². The van der Waals surface area contributed by atoms with Gasteiger partial charge in [0.05, 0.1) is 28.6 Å². The van der Waals surface area contributed by atoms with Crippen molar-refractivity contribution in [2.45, 2.75) is 5.54 Å². The smallest absolute Gasteiger partial charge is 0.251 e. The van der Waals surface area contributed by atoms with Crippen LogP contribution in [0.5, 0.6) is 0 Å². The first-order valence-corrected chi connectivity index (χ1v) is 11.2. The molecule has 3 heterocycles. The molecule has 0 spiro atoms. The minimum Gasteiger partial charge on any atom is -0.311 e. The van der Waals surface area contributed by atoms with Gasteiger partial charge in [0, 0.05) is 35.8 Å². The Morgan fingerprint density at radius 2 is 1.71 bits per heavy atom. The number of halogens is 2. The van der Waals surface area contributed by atoms with E-state index in [9.17, 15) is 4.79 Å². The molecule has 0 bridgehead atoms. The molecule has 34 heavy (non-hydrogen) atoms. The largest absolute Gasteiger partial charge is 0.311 e. The van der Waals surface area contributed by atoms with Gasteiger partial charge in [0.15, 0.2) is 0 Å². The van der Waals surface area contributed by atoms with E-state index in [1.165, 1.54) is 0 Å². The number of benzene rings is 2. The SMILES string of the molecule is Cn1nncc1[C@@](N)(c1ccc(Cl)cc1)c1ccc2c(n1)c(-c1cccc(Cl)c1)cc(=O)n2C. The van der Waals surface area contributed by atoms with E-state index in [1.54, 1.807) is 53.8 Å². The van der Waals surface area contributed by atoms with E-state index < -0.39 is 5.54 Å². The molecule has 3 aromatic heterocycles. The normalized spacial score (nSPS) is 13.2. The predicted molar refractivity (Wildman–Crippen MR) is 134 cm³/mol. The van der Waals surface area contributed by atoms with Crippen LogP contribution in [0.4, 0.5) is 0 Å². The molecular weight excluding hydrogens is 471 g/mol. The summed E-state index contributed by atoms with van der Waals surface area (Å²) in [6, 6.07) is 19.9. The van der Waals surface area contributed by atoms with Crippen LogP contribution in [-0.2, 0) is 19.6 Å². The van der Waals surface area contributed by atoms with Crippen LogP contribution in [0.1, 0.15) is 17.0 Å². The topological polar surface area (TPSA) is 91.6 Å². The van der Waals surface area contributed by atoms with Crippen molar-refractivity contribution in [3.8, 4) is 11.1 Å². The van der Waals surface area contributed by atoms with E-state index in [2.05, 4.69) is 10.3 Å². The lowest BCUT2D eigenvalue weighted by molar-refractivity contribution is 0.551. The van der Waals surface area contributed by atoms with Crippen LogP contribution in [0.15, 0.2) is 77.7 Å². The Morgan fingerprint density at radius 1 is 0.941 bits per heavy atom. The van der Waals surface area contributed by atoms with Crippen molar-refractivity contribution in [1.29, 1.82) is 0 Å². The van der Waals surface area contributed by atoms with Gasteiger partial charge in [-0.3, -0.25) is 4.79 Å². The second kappa shape index (κ2) is 8.36. The number of nitrogens with two attached hydrogens (primary N) is 1. The molecular formula is C25H20Cl2N6O. The van der Waals surface area contributed by atoms with Crippen molar-refractivity contribution in [3.63, 3.8) is 0 Å². The Labute approximate surface area is 205 Å². The van der Waals surface area contributed by atoms with Gasteiger partial charge in [0.25, 0.3) is 5.56 Å². The highest BCUT2D eigenvalue weighted by molar-refractivity contribution is 6.31. The quantitative estimate of drug-likeness (QED) is 0.405. The minimum absolute atomic E-state index is 0.149. The minimum atomic E-state index is -1.18. The number of aryl methyl sites for hydroxylation is 2. The monoisotopic (exact) mass is 490 g/mol. The average Bonchev–Trinajstić information content (AvgIpc) is 3.27. The highest BCUT2D eigenvalue weighted by atomic mass is 35.5. The van der Waals surface area contributed by atoms with Gasteiger partial charge in [-0.2, -0.15) is 0 Å². The molecule has 0 amide bonds. The molecule has 0 aliphatic rings. The lowest BCUT2D eigenvalue weighted by Crippen LogP contribution is -2.42. The van der Waals surface area contributed by atoms with Crippen molar-refractivity contribution >= 4 is 34.2 Å². The van der Waals surface area contributed by atoms with Crippen molar-refractivity contribution in [3.05, 3.63) is 110 Å². The van der Waals surface area contributed by atoms with Crippen LogP contribution in [0.2, 0.25) is 10.0 Å². The molecule has 5 rings (SSSR count). The first-order valence-electron chi connectivity index (χ1n) is 10.5. The molecule has 0 unspecified atom stereocenters. The van der Waals surface area contributed by atoms with Gasteiger partial charge in [-0.1, -0.05) is 52.7 Å². The summed E-state index contributed by atoms with van der Waals surface area (Å²) in [4.78, 5) is 17.7. The Balaban J connectivity index is 1.84. The molecule has 0 saturated heterocycles. The number of fused-ring (bicyclic) bond motifs is 1. The van der Waals surface area contributed by atoms with Crippen LogP contribution < -0.4 is 11.3 Å². The molecule has 0 aliphatic carbocycles. The van der Waals surface area contributed by atoms with Gasteiger partial charge in [-0.25, -0.2) is 9.67 Å². The van der Waals surface area contributed by atoms with Crippen LogP contribution in [0.3, 0.4) is 0 Å². The second-order valence-electron chi connectivity index (χ2n) is 8.09.